The smallest absolute Gasteiger partial charge is 0.234 e. The summed E-state index contributed by atoms with van der Waals surface area (Å²) in [6.45, 7) is 8.26. The minimum atomic E-state index is -0.288. The summed E-state index contributed by atoms with van der Waals surface area (Å²) in [4.78, 5) is 12.2. The second-order valence-electron chi connectivity index (χ2n) is 7.59. The van der Waals surface area contributed by atoms with Gasteiger partial charge in [-0.1, -0.05) is 45.0 Å². The van der Waals surface area contributed by atoms with E-state index in [0.29, 0.717) is 11.1 Å². The highest BCUT2D eigenvalue weighted by molar-refractivity contribution is 5.78. The molecule has 5 heteroatoms. The van der Waals surface area contributed by atoms with Gasteiger partial charge < -0.3 is 10.6 Å². The number of amides is 1. The van der Waals surface area contributed by atoms with Gasteiger partial charge in [0.25, 0.3) is 0 Å². The van der Waals surface area contributed by atoms with Crippen molar-refractivity contribution in [3.05, 3.63) is 70.8 Å². The van der Waals surface area contributed by atoms with E-state index < -0.39 is 0 Å². The van der Waals surface area contributed by atoms with Crippen molar-refractivity contribution in [3.63, 3.8) is 0 Å². The fourth-order valence-electron chi connectivity index (χ4n) is 2.78. The predicted octanol–water partition coefficient (Wildman–Crippen LogP) is 4.27. The fraction of sp³-hybridized carbons (Fsp3) is 0.381. The Balaban J connectivity index is 1.94. The molecule has 0 saturated carbocycles. The maximum atomic E-state index is 13.6. The highest BCUT2D eigenvalue weighted by atomic mass is 19.1. The molecule has 0 heterocycles. The van der Waals surface area contributed by atoms with E-state index in [4.69, 9.17) is 0 Å². The van der Waals surface area contributed by atoms with Crippen molar-refractivity contribution in [1.29, 1.82) is 0 Å². The maximum Gasteiger partial charge on any atom is 0.234 e. The van der Waals surface area contributed by atoms with Crippen LogP contribution in [-0.4, -0.2) is 12.5 Å². The van der Waals surface area contributed by atoms with E-state index in [1.807, 2.05) is 0 Å². The van der Waals surface area contributed by atoms with E-state index in [2.05, 4.69) is 31.4 Å². The molecule has 0 saturated heterocycles. The Labute approximate surface area is 153 Å². The largest absolute Gasteiger partial charge is 0.351 e. The second kappa shape index (κ2) is 8.41. The molecule has 0 aromatic heterocycles. The zero-order valence-corrected chi connectivity index (χ0v) is 15.7. The summed E-state index contributed by atoms with van der Waals surface area (Å²) in [6, 6.07) is 11.1. The molecule has 0 bridgehead atoms. The molecule has 0 aliphatic heterocycles. The van der Waals surface area contributed by atoms with Gasteiger partial charge in [0, 0.05) is 12.6 Å². The van der Waals surface area contributed by atoms with Gasteiger partial charge in [-0.2, -0.15) is 0 Å². The summed E-state index contributed by atoms with van der Waals surface area (Å²) >= 11 is 0. The van der Waals surface area contributed by atoms with Gasteiger partial charge in [0.15, 0.2) is 0 Å². The fourth-order valence-corrected chi connectivity index (χ4v) is 2.78. The van der Waals surface area contributed by atoms with Gasteiger partial charge in [-0.05, 0) is 47.2 Å². The van der Waals surface area contributed by atoms with Crippen LogP contribution in [-0.2, 0) is 11.3 Å². The summed E-state index contributed by atoms with van der Waals surface area (Å²) in [7, 11) is 0. The van der Waals surface area contributed by atoms with Gasteiger partial charge in [-0.25, -0.2) is 8.78 Å². The van der Waals surface area contributed by atoms with Crippen molar-refractivity contribution in [2.45, 2.75) is 40.3 Å². The van der Waals surface area contributed by atoms with Gasteiger partial charge >= 0.3 is 0 Å². The van der Waals surface area contributed by atoms with Crippen LogP contribution in [0.2, 0.25) is 0 Å². The first-order valence-corrected chi connectivity index (χ1v) is 8.67. The lowest BCUT2D eigenvalue weighted by Crippen LogP contribution is -2.39. The Morgan fingerprint density at radius 1 is 1.08 bits per heavy atom. The van der Waals surface area contributed by atoms with E-state index >= 15 is 0 Å². The van der Waals surface area contributed by atoms with Crippen LogP contribution in [0.4, 0.5) is 8.78 Å². The molecule has 1 amide bonds. The third-order valence-electron chi connectivity index (χ3n) is 4.26. The SMILES string of the molecule is Cc1ccc(CNC(=O)CNC(c2ccc(F)cc2)C(C)(C)C)cc1F. The lowest BCUT2D eigenvalue weighted by molar-refractivity contribution is -0.120. The number of nitrogens with one attached hydrogen (secondary N) is 2. The summed E-state index contributed by atoms with van der Waals surface area (Å²) in [5.41, 5.74) is 2.06. The normalized spacial score (nSPS) is 12.7. The first-order valence-electron chi connectivity index (χ1n) is 8.67. The number of hydrogen-bond acceptors (Lipinski definition) is 2. The number of carbonyl (C=O) groups excluding carboxylic acids is 1. The molecule has 0 fully saturated rings. The third kappa shape index (κ3) is 5.63. The molecular weight excluding hydrogens is 334 g/mol. The first-order chi connectivity index (χ1) is 12.2. The Morgan fingerprint density at radius 2 is 1.73 bits per heavy atom. The van der Waals surface area contributed by atoms with Crippen LogP contribution in [0.3, 0.4) is 0 Å². The monoisotopic (exact) mass is 360 g/mol. The lowest BCUT2D eigenvalue weighted by Gasteiger charge is -2.32. The first kappa shape index (κ1) is 20.0. The minimum absolute atomic E-state index is 0.106. The number of aryl methyl sites for hydroxylation is 1. The Kier molecular flexibility index (Phi) is 6.48. The number of carbonyl (C=O) groups is 1. The molecule has 0 radical (unpaired) electrons. The van der Waals surface area contributed by atoms with E-state index in [-0.39, 0.29) is 42.1 Å². The van der Waals surface area contributed by atoms with Gasteiger partial charge in [-0.3, -0.25) is 4.79 Å². The predicted molar refractivity (Wildman–Crippen MR) is 99.6 cm³/mol. The molecule has 2 aromatic rings. The molecule has 2 aromatic carbocycles. The van der Waals surface area contributed by atoms with Crippen molar-refractivity contribution < 1.29 is 13.6 Å². The van der Waals surface area contributed by atoms with E-state index in [0.717, 1.165) is 5.56 Å². The quantitative estimate of drug-likeness (QED) is 0.808. The third-order valence-corrected chi connectivity index (χ3v) is 4.26. The molecule has 0 spiro atoms. The highest BCUT2D eigenvalue weighted by Gasteiger charge is 2.26. The standard InChI is InChI=1S/C21H26F2N2O/c1-14-5-6-15(11-18(14)23)12-24-19(26)13-25-20(21(2,3)4)16-7-9-17(22)10-8-16/h5-11,20,25H,12-13H2,1-4H3,(H,24,26). The summed E-state index contributed by atoms with van der Waals surface area (Å²) in [6.07, 6.45) is 0. The lowest BCUT2D eigenvalue weighted by atomic mass is 9.82. The molecule has 3 nitrogen and oxygen atoms in total. The average molecular weight is 360 g/mol. The molecule has 140 valence electrons. The Morgan fingerprint density at radius 3 is 2.31 bits per heavy atom. The molecule has 2 N–H and O–H groups in total. The van der Waals surface area contributed by atoms with E-state index in [1.54, 1.807) is 31.2 Å². The van der Waals surface area contributed by atoms with Crippen LogP contribution in [0, 0.1) is 24.0 Å². The zero-order valence-electron chi connectivity index (χ0n) is 15.7. The summed E-state index contributed by atoms with van der Waals surface area (Å²) in [5, 5.41) is 6.03. The number of benzene rings is 2. The Bertz CT molecular complexity index is 752. The number of hydrogen-bond donors (Lipinski definition) is 2. The zero-order chi connectivity index (χ0) is 19.3. The minimum Gasteiger partial charge on any atom is -0.351 e. The van der Waals surface area contributed by atoms with Crippen molar-refractivity contribution in [2.75, 3.05) is 6.54 Å². The van der Waals surface area contributed by atoms with Crippen LogP contribution >= 0.6 is 0 Å². The average Bonchev–Trinajstić information content (AvgIpc) is 2.56. The number of halogens is 2. The van der Waals surface area contributed by atoms with Crippen LogP contribution < -0.4 is 10.6 Å². The van der Waals surface area contributed by atoms with E-state index in [1.165, 1.54) is 18.2 Å². The van der Waals surface area contributed by atoms with Gasteiger partial charge in [0.05, 0.1) is 6.54 Å². The Hall–Kier alpha value is -2.27. The molecule has 26 heavy (non-hydrogen) atoms. The second-order valence-corrected chi connectivity index (χ2v) is 7.59. The van der Waals surface area contributed by atoms with Crippen LogP contribution in [0.15, 0.2) is 42.5 Å². The van der Waals surface area contributed by atoms with E-state index in [9.17, 15) is 13.6 Å². The van der Waals surface area contributed by atoms with Crippen molar-refractivity contribution in [2.24, 2.45) is 5.41 Å². The van der Waals surface area contributed by atoms with Crippen LogP contribution in [0.5, 0.6) is 0 Å². The molecule has 0 aliphatic carbocycles. The molecule has 2 rings (SSSR count). The summed E-state index contributed by atoms with van der Waals surface area (Å²) < 4.78 is 26.7. The van der Waals surface area contributed by atoms with Gasteiger partial charge in [0.1, 0.15) is 11.6 Å². The van der Waals surface area contributed by atoms with Crippen LogP contribution in [0.1, 0.15) is 43.5 Å². The van der Waals surface area contributed by atoms with Crippen molar-refractivity contribution >= 4 is 5.91 Å². The molecular formula is C21H26F2N2O. The molecule has 1 unspecified atom stereocenters. The maximum absolute atomic E-state index is 13.6. The molecule has 1 atom stereocenters. The highest BCUT2D eigenvalue weighted by Crippen LogP contribution is 2.32. The van der Waals surface area contributed by atoms with Gasteiger partial charge in [0.2, 0.25) is 5.91 Å². The molecule has 0 aliphatic rings. The summed E-state index contributed by atoms with van der Waals surface area (Å²) in [5.74, 6) is -0.745. The van der Waals surface area contributed by atoms with Crippen molar-refractivity contribution in [3.8, 4) is 0 Å². The van der Waals surface area contributed by atoms with Crippen molar-refractivity contribution in [1.82, 2.24) is 10.6 Å². The number of rotatable bonds is 6. The topological polar surface area (TPSA) is 41.1 Å². The van der Waals surface area contributed by atoms with Crippen LogP contribution in [0.25, 0.3) is 0 Å². The van der Waals surface area contributed by atoms with Gasteiger partial charge in [-0.15, -0.1) is 0 Å².